The third-order valence-corrected chi connectivity index (χ3v) is 1.88. The highest BCUT2D eigenvalue weighted by molar-refractivity contribution is 14.1. The summed E-state index contributed by atoms with van der Waals surface area (Å²) in [7, 11) is 1.92. The Morgan fingerprint density at radius 3 is 3.08 bits per heavy atom. The summed E-state index contributed by atoms with van der Waals surface area (Å²) in [4.78, 5) is 4.18. The first kappa shape index (κ1) is 9.57. The maximum absolute atomic E-state index is 5.37. The number of rotatable bonds is 4. The quantitative estimate of drug-likeness (QED) is 0.478. The molecule has 0 N–H and O–H groups in total. The summed E-state index contributed by atoms with van der Waals surface area (Å²) in [6.45, 7) is 4.25. The first-order valence-corrected chi connectivity index (χ1v) is 4.74. The zero-order valence-electron chi connectivity index (χ0n) is 6.96. The lowest BCUT2D eigenvalue weighted by Crippen LogP contribution is -2.00. The Balaban J connectivity index is 2.50. The third-order valence-electron chi connectivity index (χ3n) is 1.36. The Hall–Kier alpha value is -0.520. The standard InChI is InChI=1S/C8H11IN2O/c1-3-4-5-12-8-10-7(9)6-11(8)2/h3,6H,1,4-5H2,2H3. The van der Waals surface area contributed by atoms with Gasteiger partial charge >= 0.3 is 0 Å². The van der Waals surface area contributed by atoms with E-state index in [0.29, 0.717) is 12.6 Å². The highest BCUT2D eigenvalue weighted by Gasteiger charge is 2.02. The molecule has 0 saturated carbocycles. The van der Waals surface area contributed by atoms with E-state index in [1.165, 1.54) is 0 Å². The van der Waals surface area contributed by atoms with Crippen molar-refractivity contribution in [3.05, 3.63) is 22.6 Å². The number of imidazole rings is 1. The Bertz CT molecular complexity index is 270. The second kappa shape index (κ2) is 4.49. The molecule has 0 fully saturated rings. The number of halogens is 1. The molecule has 1 aromatic heterocycles. The van der Waals surface area contributed by atoms with E-state index in [1.807, 2.05) is 23.9 Å². The number of hydrogen-bond donors (Lipinski definition) is 0. The number of aryl methyl sites for hydroxylation is 1. The predicted octanol–water partition coefficient (Wildman–Crippen LogP) is 1.98. The molecule has 0 aliphatic carbocycles. The van der Waals surface area contributed by atoms with E-state index in [0.717, 1.165) is 10.1 Å². The molecule has 0 aliphatic rings. The van der Waals surface area contributed by atoms with Gasteiger partial charge in [0.2, 0.25) is 0 Å². The van der Waals surface area contributed by atoms with Crippen LogP contribution in [0.5, 0.6) is 6.01 Å². The summed E-state index contributed by atoms with van der Waals surface area (Å²) < 4.78 is 8.19. The van der Waals surface area contributed by atoms with Gasteiger partial charge in [0.15, 0.2) is 0 Å². The van der Waals surface area contributed by atoms with Crippen LogP contribution in [0.2, 0.25) is 0 Å². The Labute approximate surface area is 85.6 Å². The fourth-order valence-corrected chi connectivity index (χ4v) is 1.41. The van der Waals surface area contributed by atoms with Gasteiger partial charge in [-0.1, -0.05) is 6.08 Å². The fraction of sp³-hybridized carbons (Fsp3) is 0.375. The second-order valence-electron chi connectivity index (χ2n) is 2.38. The van der Waals surface area contributed by atoms with Gasteiger partial charge in [0.05, 0.1) is 6.61 Å². The van der Waals surface area contributed by atoms with Gasteiger partial charge in [-0.2, -0.15) is 4.98 Å². The average molecular weight is 278 g/mol. The van der Waals surface area contributed by atoms with Crippen molar-refractivity contribution in [2.45, 2.75) is 6.42 Å². The Kier molecular flexibility index (Phi) is 3.58. The molecule has 3 nitrogen and oxygen atoms in total. The molecule has 0 unspecified atom stereocenters. The van der Waals surface area contributed by atoms with Gasteiger partial charge in [0, 0.05) is 13.2 Å². The van der Waals surface area contributed by atoms with Crippen LogP contribution in [0.4, 0.5) is 0 Å². The zero-order chi connectivity index (χ0) is 8.97. The summed E-state index contributed by atoms with van der Waals surface area (Å²) in [5.41, 5.74) is 0. The Morgan fingerprint density at radius 1 is 1.83 bits per heavy atom. The van der Waals surface area contributed by atoms with Crippen molar-refractivity contribution in [2.75, 3.05) is 6.61 Å². The van der Waals surface area contributed by atoms with Crippen LogP contribution in [0, 0.1) is 3.70 Å². The van der Waals surface area contributed by atoms with E-state index < -0.39 is 0 Å². The number of aromatic nitrogens is 2. The molecule has 0 aliphatic heterocycles. The van der Waals surface area contributed by atoms with Gasteiger partial charge < -0.3 is 9.30 Å². The van der Waals surface area contributed by atoms with Crippen LogP contribution in [0.15, 0.2) is 18.9 Å². The molecule has 0 bridgehead atoms. The van der Waals surface area contributed by atoms with Gasteiger partial charge in [-0.25, -0.2) is 0 Å². The van der Waals surface area contributed by atoms with Crippen molar-refractivity contribution >= 4 is 22.6 Å². The van der Waals surface area contributed by atoms with Crippen molar-refractivity contribution in [3.63, 3.8) is 0 Å². The van der Waals surface area contributed by atoms with Crippen LogP contribution in [0.3, 0.4) is 0 Å². The predicted molar refractivity (Wildman–Crippen MR) is 56.2 cm³/mol. The molecule has 4 heteroatoms. The van der Waals surface area contributed by atoms with Crippen molar-refractivity contribution in [3.8, 4) is 6.01 Å². The molecule has 0 atom stereocenters. The molecule has 0 spiro atoms. The Morgan fingerprint density at radius 2 is 2.58 bits per heavy atom. The van der Waals surface area contributed by atoms with Crippen LogP contribution in [0.25, 0.3) is 0 Å². The number of hydrogen-bond acceptors (Lipinski definition) is 2. The molecule has 0 amide bonds. The van der Waals surface area contributed by atoms with E-state index >= 15 is 0 Å². The molecule has 66 valence electrons. The summed E-state index contributed by atoms with van der Waals surface area (Å²) in [6.07, 6.45) is 4.60. The van der Waals surface area contributed by atoms with Crippen LogP contribution in [0.1, 0.15) is 6.42 Å². The smallest absolute Gasteiger partial charge is 0.297 e. The molecule has 1 heterocycles. The monoisotopic (exact) mass is 278 g/mol. The van der Waals surface area contributed by atoms with Gasteiger partial charge in [-0.3, -0.25) is 0 Å². The van der Waals surface area contributed by atoms with Gasteiger partial charge in [-0.05, 0) is 29.0 Å². The SMILES string of the molecule is C=CCCOc1nc(I)cn1C. The topological polar surface area (TPSA) is 27.1 Å². The second-order valence-corrected chi connectivity index (χ2v) is 3.49. The summed E-state index contributed by atoms with van der Waals surface area (Å²) in [6, 6.07) is 0.668. The minimum absolute atomic E-state index is 0.643. The maximum atomic E-state index is 5.37. The minimum Gasteiger partial charge on any atom is -0.464 e. The van der Waals surface area contributed by atoms with Crippen molar-refractivity contribution in [1.29, 1.82) is 0 Å². The molecule has 1 rings (SSSR count). The molecule has 0 radical (unpaired) electrons. The first-order valence-electron chi connectivity index (χ1n) is 3.66. The van der Waals surface area contributed by atoms with Crippen LogP contribution >= 0.6 is 22.6 Å². The highest BCUT2D eigenvalue weighted by atomic mass is 127. The number of nitrogens with zero attached hydrogens (tertiary/aromatic N) is 2. The van der Waals surface area contributed by atoms with Crippen LogP contribution < -0.4 is 4.74 Å². The third kappa shape index (κ3) is 2.51. The molecule has 12 heavy (non-hydrogen) atoms. The molecule has 1 aromatic rings. The lowest BCUT2D eigenvalue weighted by Gasteiger charge is -2.01. The normalized spacial score (nSPS) is 9.83. The van der Waals surface area contributed by atoms with E-state index in [-0.39, 0.29) is 0 Å². The molecular formula is C8H11IN2O. The van der Waals surface area contributed by atoms with Gasteiger partial charge in [-0.15, -0.1) is 6.58 Å². The van der Waals surface area contributed by atoms with E-state index in [1.54, 1.807) is 0 Å². The lowest BCUT2D eigenvalue weighted by molar-refractivity contribution is 0.289. The van der Waals surface area contributed by atoms with Crippen LogP contribution in [-0.4, -0.2) is 16.2 Å². The zero-order valence-corrected chi connectivity index (χ0v) is 9.11. The van der Waals surface area contributed by atoms with Gasteiger partial charge in [0.25, 0.3) is 6.01 Å². The molecular weight excluding hydrogens is 267 g/mol. The maximum Gasteiger partial charge on any atom is 0.297 e. The summed E-state index contributed by atoms with van der Waals surface area (Å²) in [5.74, 6) is 0. The highest BCUT2D eigenvalue weighted by Crippen LogP contribution is 2.11. The van der Waals surface area contributed by atoms with E-state index in [4.69, 9.17) is 4.74 Å². The van der Waals surface area contributed by atoms with Gasteiger partial charge in [0.1, 0.15) is 3.70 Å². The van der Waals surface area contributed by atoms with Crippen molar-refractivity contribution < 1.29 is 4.74 Å². The van der Waals surface area contributed by atoms with E-state index in [9.17, 15) is 0 Å². The minimum atomic E-state index is 0.643. The van der Waals surface area contributed by atoms with Crippen molar-refractivity contribution in [2.24, 2.45) is 7.05 Å². The van der Waals surface area contributed by atoms with Crippen LogP contribution in [-0.2, 0) is 7.05 Å². The first-order chi connectivity index (χ1) is 5.74. The molecule has 0 saturated heterocycles. The average Bonchev–Trinajstić information content (AvgIpc) is 2.31. The molecule has 0 aromatic carbocycles. The van der Waals surface area contributed by atoms with E-state index in [2.05, 4.69) is 34.2 Å². The summed E-state index contributed by atoms with van der Waals surface area (Å²) >= 11 is 2.16. The lowest BCUT2D eigenvalue weighted by atomic mass is 10.5. The largest absolute Gasteiger partial charge is 0.464 e. The number of ether oxygens (including phenoxy) is 1. The van der Waals surface area contributed by atoms with Crippen molar-refractivity contribution in [1.82, 2.24) is 9.55 Å². The summed E-state index contributed by atoms with van der Waals surface area (Å²) in [5, 5.41) is 0. The fourth-order valence-electron chi connectivity index (χ4n) is 0.782.